The van der Waals surface area contributed by atoms with Gasteiger partial charge in [-0.3, -0.25) is 4.79 Å². The van der Waals surface area contributed by atoms with Gasteiger partial charge in [0.2, 0.25) is 0 Å². The van der Waals surface area contributed by atoms with Crippen molar-refractivity contribution in [2.75, 3.05) is 12.4 Å². The predicted octanol–water partition coefficient (Wildman–Crippen LogP) is 3.74. The Labute approximate surface area is 138 Å². The van der Waals surface area contributed by atoms with Gasteiger partial charge in [0.15, 0.2) is 0 Å². The number of benzene rings is 1. The zero-order chi connectivity index (χ0) is 16.4. The number of rotatable bonds is 4. The highest BCUT2D eigenvalue weighted by Crippen LogP contribution is 2.34. The summed E-state index contributed by atoms with van der Waals surface area (Å²) < 4.78 is 5.82. The molecule has 0 aliphatic heterocycles. The maximum atomic E-state index is 11.7. The van der Waals surface area contributed by atoms with Gasteiger partial charge in [-0.05, 0) is 43.2 Å². The van der Waals surface area contributed by atoms with Crippen LogP contribution < -0.4 is 5.32 Å². The third-order valence-electron chi connectivity index (χ3n) is 4.37. The van der Waals surface area contributed by atoms with Crippen LogP contribution in [0.25, 0.3) is 10.1 Å². The third kappa shape index (κ3) is 3.32. The molecule has 1 fully saturated rings. The Bertz CT molecular complexity index is 731. The molecule has 0 atom stereocenters. The molecule has 0 bridgehead atoms. The highest BCUT2D eigenvalue weighted by atomic mass is 32.1. The fourth-order valence-corrected chi connectivity index (χ4v) is 4.14. The van der Waals surface area contributed by atoms with Crippen molar-refractivity contribution < 1.29 is 19.4 Å². The lowest BCUT2D eigenvalue weighted by atomic mass is 9.86. The van der Waals surface area contributed by atoms with E-state index in [-0.39, 0.29) is 17.9 Å². The molecule has 3 rings (SSSR count). The Hall–Kier alpha value is -2.08. The van der Waals surface area contributed by atoms with E-state index in [2.05, 4.69) is 5.32 Å². The van der Waals surface area contributed by atoms with E-state index < -0.39 is 5.97 Å². The summed E-state index contributed by atoms with van der Waals surface area (Å²) in [6.45, 7) is 0. The minimum absolute atomic E-state index is 0.212. The van der Waals surface area contributed by atoms with Gasteiger partial charge < -0.3 is 15.2 Å². The largest absolute Gasteiger partial charge is 0.481 e. The average Bonchev–Trinajstić information content (AvgIpc) is 3.00. The first-order chi connectivity index (χ1) is 11.1. The number of aliphatic carboxylic acids is 1. The van der Waals surface area contributed by atoms with Gasteiger partial charge in [0.1, 0.15) is 4.88 Å². The van der Waals surface area contributed by atoms with Crippen molar-refractivity contribution in [3.8, 4) is 0 Å². The zero-order valence-corrected chi connectivity index (χ0v) is 13.7. The van der Waals surface area contributed by atoms with Crippen LogP contribution in [0, 0.1) is 5.92 Å². The second kappa shape index (κ2) is 6.58. The first kappa shape index (κ1) is 15.8. The van der Waals surface area contributed by atoms with Crippen LogP contribution in [0.5, 0.6) is 0 Å². The smallest absolute Gasteiger partial charge is 0.348 e. The van der Waals surface area contributed by atoms with Gasteiger partial charge in [-0.2, -0.15) is 0 Å². The van der Waals surface area contributed by atoms with Crippen LogP contribution in [-0.4, -0.2) is 30.2 Å². The normalized spacial score (nSPS) is 21.1. The number of carbonyl (C=O) groups excluding carboxylic acids is 1. The van der Waals surface area contributed by atoms with Gasteiger partial charge in [0.25, 0.3) is 0 Å². The first-order valence-corrected chi connectivity index (χ1v) is 8.50. The summed E-state index contributed by atoms with van der Waals surface area (Å²) in [5, 5.41) is 13.6. The molecule has 0 spiro atoms. The molecule has 0 radical (unpaired) electrons. The summed E-state index contributed by atoms with van der Waals surface area (Å²) in [5.41, 5.74) is 1.00. The number of thiophene rings is 1. The quantitative estimate of drug-likeness (QED) is 0.834. The molecular weight excluding hydrogens is 314 g/mol. The van der Waals surface area contributed by atoms with Crippen molar-refractivity contribution in [2.24, 2.45) is 5.92 Å². The standard InChI is InChI=1S/C17H19NO4S/c1-22-17(21)14-9-11-3-2-4-13(15(11)23-14)18-12-7-5-10(6-8-12)16(19)20/h2-4,9-10,12,18H,5-8H2,1H3,(H,19,20). The fourth-order valence-electron chi connectivity index (χ4n) is 3.08. The summed E-state index contributed by atoms with van der Waals surface area (Å²) in [6, 6.07) is 8.06. The molecule has 0 saturated heterocycles. The number of carboxylic acid groups (broad SMARTS) is 1. The van der Waals surface area contributed by atoms with Crippen LogP contribution in [-0.2, 0) is 9.53 Å². The first-order valence-electron chi connectivity index (χ1n) is 7.68. The van der Waals surface area contributed by atoms with Gasteiger partial charge in [0.05, 0.1) is 23.4 Å². The van der Waals surface area contributed by atoms with E-state index in [0.29, 0.717) is 17.7 Å². The molecule has 1 saturated carbocycles. The highest BCUT2D eigenvalue weighted by molar-refractivity contribution is 7.21. The number of hydrogen-bond donors (Lipinski definition) is 2. The number of esters is 1. The number of fused-ring (bicyclic) bond motifs is 1. The summed E-state index contributed by atoms with van der Waals surface area (Å²) in [6.07, 6.45) is 3.12. The van der Waals surface area contributed by atoms with Crippen molar-refractivity contribution >= 4 is 39.0 Å². The van der Waals surface area contributed by atoms with Crippen LogP contribution in [0.2, 0.25) is 0 Å². The van der Waals surface area contributed by atoms with Crippen LogP contribution >= 0.6 is 11.3 Å². The number of ether oxygens (including phenoxy) is 1. The molecule has 0 unspecified atom stereocenters. The number of hydrogen-bond acceptors (Lipinski definition) is 5. The molecule has 1 aromatic carbocycles. The van der Waals surface area contributed by atoms with Crippen LogP contribution in [0.15, 0.2) is 24.3 Å². The zero-order valence-electron chi connectivity index (χ0n) is 12.9. The number of anilines is 1. The van der Waals surface area contributed by atoms with Gasteiger partial charge in [-0.1, -0.05) is 12.1 Å². The molecule has 1 aliphatic carbocycles. The van der Waals surface area contributed by atoms with Crippen LogP contribution in [0.3, 0.4) is 0 Å². The number of carbonyl (C=O) groups is 2. The number of nitrogens with one attached hydrogen (secondary N) is 1. The Morgan fingerprint density at radius 2 is 2.00 bits per heavy atom. The monoisotopic (exact) mass is 333 g/mol. The van der Waals surface area contributed by atoms with E-state index in [0.717, 1.165) is 28.6 Å². The third-order valence-corrected chi connectivity index (χ3v) is 5.53. The van der Waals surface area contributed by atoms with E-state index in [1.54, 1.807) is 0 Å². The fraction of sp³-hybridized carbons (Fsp3) is 0.412. The van der Waals surface area contributed by atoms with E-state index >= 15 is 0 Å². The van der Waals surface area contributed by atoms with Crippen molar-refractivity contribution in [3.05, 3.63) is 29.1 Å². The van der Waals surface area contributed by atoms with E-state index in [4.69, 9.17) is 9.84 Å². The second-order valence-electron chi connectivity index (χ2n) is 5.86. The Morgan fingerprint density at radius 1 is 1.26 bits per heavy atom. The van der Waals surface area contributed by atoms with Gasteiger partial charge in [-0.15, -0.1) is 11.3 Å². The average molecular weight is 333 g/mol. The van der Waals surface area contributed by atoms with E-state index in [1.165, 1.54) is 18.4 Å². The molecule has 0 amide bonds. The summed E-state index contributed by atoms with van der Waals surface area (Å²) >= 11 is 1.42. The number of methoxy groups -OCH3 is 1. The Kier molecular flexibility index (Phi) is 4.52. The van der Waals surface area contributed by atoms with Gasteiger partial charge >= 0.3 is 11.9 Å². The molecule has 1 aliphatic rings. The van der Waals surface area contributed by atoms with E-state index in [1.807, 2.05) is 24.3 Å². The molecule has 2 N–H and O–H groups in total. The van der Waals surface area contributed by atoms with Crippen molar-refractivity contribution in [3.63, 3.8) is 0 Å². The molecule has 2 aromatic rings. The molecule has 5 nitrogen and oxygen atoms in total. The lowest BCUT2D eigenvalue weighted by Crippen LogP contribution is -2.29. The SMILES string of the molecule is COC(=O)c1cc2cccc(NC3CCC(C(=O)O)CC3)c2s1. The van der Waals surface area contributed by atoms with Crippen molar-refractivity contribution in [2.45, 2.75) is 31.7 Å². The molecular formula is C17H19NO4S. The minimum atomic E-state index is -0.688. The van der Waals surface area contributed by atoms with Gasteiger partial charge in [-0.25, -0.2) is 4.79 Å². The Morgan fingerprint density at radius 3 is 2.65 bits per heavy atom. The highest BCUT2D eigenvalue weighted by Gasteiger charge is 2.26. The van der Waals surface area contributed by atoms with Crippen LogP contribution in [0.4, 0.5) is 5.69 Å². The summed E-state index contributed by atoms with van der Waals surface area (Å²) in [7, 11) is 1.38. The Balaban J connectivity index is 1.77. The maximum Gasteiger partial charge on any atom is 0.348 e. The summed E-state index contributed by atoms with van der Waals surface area (Å²) in [5.74, 6) is -1.22. The van der Waals surface area contributed by atoms with E-state index in [9.17, 15) is 9.59 Å². The topological polar surface area (TPSA) is 75.6 Å². The van der Waals surface area contributed by atoms with Crippen molar-refractivity contribution in [1.82, 2.24) is 0 Å². The maximum absolute atomic E-state index is 11.7. The lowest BCUT2D eigenvalue weighted by Gasteiger charge is -2.27. The van der Waals surface area contributed by atoms with Crippen LogP contribution in [0.1, 0.15) is 35.4 Å². The second-order valence-corrected chi connectivity index (χ2v) is 6.91. The van der Waals surface area contributed by atoms with Crippen molar-refractivity contribution in [1.29, 1.82) is 0 Å². The van der Waals surface area contributed by atoms with Gasteiger partial charge in [0, 0.05) is 6.04 Å². The number of carboxylic acids is 1. The molecule has 122 valence electrons. The predicted molar refractivity (Wildman–Crippen MR) is 90.2 cm³/mol. The molecule has 1 aromatic heterocycles. The minimum Gasteiger partial charge on any atom is -0.481 e. The summed E-state index contributed by atoms with van der Waals surface area (Å²) in [4.78, 5) is 23.3. The lowest BCUT2D eigenvalue weighted by molar-refractivity contribution is -0.142. The molecule has 6 heteroatoms. The molecule has 1 heterocycles. The molecule has 23 heavy (non-hydrogen) atoms.